The third-order valence-electron chi connectivity index (χ3n) is 5.07. The fraction of sp³-hybridized carbons (Fsp3) is 0.150. The van der Waals surface area contributed by atoms with Crippen molar-refractivity contribution >= 4 is 74.2 Å². The number of azo groups is 1. The van der Waals surface area contributed by atoms with Gasteiger partial charge in [0, 0.05) is 5.39 Å². The van der Waals surface area contributed by atoms with E-state index in [1.54, 1.807) is 0 Å². The Balaban J connectivity index is 0.00000645. The van der Waals surface area contributed by atoms with Gasteiger partial charge in [0.05, 0.1) is 39.2 Å². The third kappa shape index (κ3) is 11.7. The molecular weight excluding hydrogens is 719 g/mol. The molecule has 0 saturated carbocycles. The summed E-state index contributed by atoms with van der Waals surface area (Å²) in [4.78, 5) is 0.733. The van der Waals surface area contributed by atoms with Crippen molar-refractivity contribution in [2.45, 2.75) is 21.6 Å². The Morgan fingerprint density at radius 2 is 1.38 bits per heavy atom. The predicted molar refractivity (Wildman–Crippen MR) is 135 cm³/mol. The monoisotopic (exact) mass is 735 g/mol. The van der Waals surface area contributed by atoms with Crippen LogP contribution in [0.15, 0.2) is 66.3 Å². The summed E-state index contributed by atoms with van der Waals surface area (Å²) in [6.45, 7) is -0.0757. The van der Waals surface area contributed by atoms with Crippen molar-refractivity contribution in [3.8, 4) is 11.5 Å². The van der Waals surface area contributed by atoms with Crippen molar-refractivity contribution in [3.05, 3.63) is 36.4 Å². The van der Waals surface area contributed by atoms with Gasteiger partial charge in [-0.3, -0.25) is 18.7 Å². The fourth-order valence-electron chi connectivity index (χ4n) is 3.36. The van der Waals surface area contributed by atoms with E-state index >= 15 is 0 Å². The predicted octanol–water partition coefficient (Wildman–Crippen LogP) is -9.09. The molecule has 228 valence electrons. The van der Waals surface area contributed by atoms with Gasteiger partial charge in [-0.15, -0.1) is 5.11 Å². The van der Waals surface area contributed by atoms with Crippen LogP contribution < -0.4 is 104 Å². The minimum absolute atomic E-state index is 0. The molecule has 0 unspecified atom stereocenters. The summed E-state index contributed by atoms with van der Waals surface area (Å²) in [6.07, 6.45) is 0. The topological polar surface area (TPSA) is 313 Å². The largest absolute Gasteiger partial charge is 1.00 e. The van der Waals surface area contributed by atoms with E-state index in [4.69, 9.17) is 4.55 Å². The average molecular weight is 736 g/mol. The average Bonchev–Trinajstić information content (AvgIpc) is 2.81. The van der Waals surface area contributed by atoms with Crippen molar-refractivity contribution in [2.75, 3.05) is 12.4 Å². The van der Waals surface area contributed by atoms with Gasteiger partial charge in [-0.1, -0.05) is 17.6 Å². The van der Waals surface area contributed by atoms with Gasteiger partial charge in [0.1, 0.15) is 4.90 Å². The van der Waals surface area contributed by atoms with Crippen molar-refractivity contribution in [1.29, 1.82) is 0 Å². The van der Waals surface area contributed by atoms with Gasteiger partial charge >= 0.3 is 99.1 Å². The van der Waals surface area contributed by atoms with Crippen LogP contribution in [0.4, 0.5) is 17.1 Å². The molecule has 0 spiro atoms. The van der Waals surface area contributed by atoms with Crippen LogP contribution in [0.1, 0.15) is 6.92 Å². The molecule has 0 fully saturated rings. The van der Waals surface area contributed by atoms with Crippen LogP contribution >= 0.6 is 0 Å². The van der Waals surface area contributed by atoms with E-state index in [0.29, 0.717) is 30.3 Å². The Morgan fingerprint density at radius 1 is 0.800 bits per heavy atom. The molecule has 3 rings (SSSR count). The molecule has 0 atom stereocenters. The molecule has 25 heteroatoms. The third-order valence-corrected chi connectivity index (χ3v) is 8.91. The van der Waals surface area contributed by atoms with Gasteiger partial charge in [-0.25, -0.2) is 12.6 Å². The van der Waals surface area contributed by atoms with E-state index < -0.39 is 113 Å². The number of nitrogens with zero attached hydrogens (tertiary/aromatic N) is 3. The van der Waals surface area contributed by atoms with Crippen LogP contribution in [0.25, 0.3) is 10.8 Å². The van der Waals surface area contributed by atoms with Gasteiger partial charge in [-0.05, 0) is 48.5 Å². The molecule has 0 aliphatic heterocycles. The summed E-state index contributed by atoms with van der Waals surface area (Å²) in [5.41, 5.74) is -2.57. The van der Waals surface area contributed by atoms with Gasteiger partial charge < -0.3 is 15.3 Å². The van der Waals surface area contributed by atoms with Gasteiger partial charge in [0.15, 0.2) is 9.84 Å². The first-order valence-corrected chi connectivity index (χ1v) is 16.6. The Bertz CT molecular complexity index is 2100. The van der Waals surface area contributed by atoms with E-state index in [2.05, 4.69) is 19.4 Å². The molecular formula is C20H16N3Na3O15S4. The quantitative estimate of drug-likeness (QED) is 0.0572. The normalized spacial score (nSPS) is 12.8. The van der Waals surface area contributed by atoms with Crippen LogP contribution in [-0.2, 0) is 44.7 Å². The molecule has 3 N–H and O–H groups in total. The van der Waals surface area contributed by atoms with Crippen LogP contribution in [0.5, 0.6) is 11.5 Å². The van der Waals surface area contributed by atoms with Crippen molar-refractivity contribution in [3.63, 3.8) is 0 Å². The van der Waals surface area contributed by atoms with E-state index in [1.165, 1.54) is 0 Å². The second kappa shape index (κ2) is 16.6. The number of aliphatic imine (C=N–C) groups is 1. The number of hydrogen-bond donors (Lipinski definition) is 3. The number of fused-ring (bicyclic) bond motifs is 1. The first-order valence-electron chi connectivity index (χ1n) is 10.7. The second-order valence-corrected chi connectivity index (χ2v) is 14.1. The molecule has 3 aromatic carbocycles. The molecule has 0 aliphatic rings. The molecule has 3 aromatic rings. The maximum absolute atomic E-state index is 13.3. The Labute approximate surface area is 322 Å². The van der Waals surface area contributed by atoms with Crippen LogP contribution in [0, 0.1) is 0 Å². The van der Waals surface area contributed by atoms with Crippen molar-refractivity contribution in [1.82, 2.24) is 0 Å². The SMILES string of the molecule is CC([O-])=Nc1cc(S(=O)(=O)O)cc2cc(S(=O)(=O)O)c(N=Nc3cc(S(=O)(=O)CCOS(=O)(=O)O)ccc3[O-])c([O-])c12.[Na+].[Na+].[Na+]. The summed E-state index contributed by atoms with van der Waals surface area (Å²) in [5.74, 6) is -4.30. The molecule has 0 amide bonds. The molecule has 0 radical (unpaired) electrons. The first kappa shape index (κ1) is 44.2. The maximum Gasteiger partial charge on any atom is 1.00 e. The summed E-state index contributed by atoms with van der Waals surface area (Å²) in [5, 5.41) is 42.9. The second-order valence-electron chi connectivity index (χ2n) is 8.07. The summed E-state index contributed by atoms with van der Waals surface area (Å²) in [6, 6.07) is 3.99. The number of sulfone groups is 1. The Morgan fingerprint density at radius 3 is 1.89 bits per heavy atom. The van der Waals surface area contributed by atoms with E-state index in [9.17, 15) is 58.1 Å². The van der Waals surface area contributed by atoms with Crippen molar-refractivity contribution in [2.24, 2.45) is 15.2 Å². The maximum atomic E-state index is 13.3. The number of rotatable bonds is 10. The molecule has 0 bridgehead atoms. The van der Waals surface area contributed by atoms with Gasteiger partial charge in [0.2, 0.25) is 0 Å². The standard InChI is InChI=1S/C20H19N3O15S4.3Na/c1-10(24)21-15-9-13(40(29,30)31)6-11-7-17(41(32,33)34)19(20(26)18(11)15)23-22-14-8-12(2-3-16(14)25)39(27,28)5-4-38-42(35,36)37;;;/h2-3,6-9,25-26H,4-5H2,1H3,(H,21,24)(H,29,30,31)(H,32,33,34)(H,35,36,37);;;/q;3*+1/p-3. The minimum atomic E-state index is -5.32. The zero-order valence-electron chi connectivity index (χ0n) is 23.6. The zero-order chi connectivity index (χ0) is 31.8. The molecule has 0 aliphatic carbocycles. The van der Waals surface area contributed by atoms with Gasteiger partial charge in [-0.2, -0.15) is 30.4 Å². The Hall–Kier alpha value is -0.770. The molecule has 0 saturated heterocycles. The van der Waals surface area contributed by atoms with Crippen LogP contribution in [0.3, 0.4) is 0 Å². The van der Waals surface area contributed by atoms with Crippen molar-refractivity contribution < 1.29 is 156 Å². The van der Waals surface area contributed by atoms with Crippen LogP contribution in [0.2, 0.25) is 0 Å². The molecule has 0 heterocycles. The summed E-state index contributed by atoms with van der Waals surface area (Å²) < 4.78 is 125. The number of hydrogen-bond acceptors (Lipinski definition) is 15. The molecule has 45 heavy (non-hydrogen) atoms. The molecule has 18 nitrogen and oxygen atoms in total. The summed E-state index contributed by atoms with van der Waals surface area (Å²) in [7, 11) is -19.6. The molecule has 0 aromatic heterocycles. The first-order chi connectivity index (χ1) is 19.1. The van der Waals surface area contributed by atoms with Crippen LogP contribution in [-0.4, -0.2) is 65.6 Å². The van der Waals surface area contributed by atoms with E-state index in [1.807, 2.05) is 0 Å². The van der Waals surface area contributed by atoms with Gasteiger partial charge in [0.25, 0.3) is 20.2 Å². The fourth-order valence-corrected chi connectivity index (χ4v) is 6.06. The zero-order valence-corrected chi connectivity index (χ0v) is 32.9. The van der Waals surface area contributed by atoms with E-state index in [-0.39, 0.29) is 88.7 Å². The van der Waals surface area contributed by atoms with E-state index in [0.717, 1.165) is 13.0 Å². The number of benzene rings is 3. The summed E-state index contributed by atoms with van der Waals surface area (Å²) >= 11 is 0. The smallest absolute Gasteiger partial charge is 0.871 e. The Kier molecular flexibility index (Phi) is 16.3. The minimum Gasteiger partial charge on any atom is -0.871 e.